The van der Waals surface area contributed by atoms with Crippen molar-refractivity contribution in [1.82, 2.24) is 10.2 Å². The van der Waals surface area contributed by atoms with Gasteiger partial charge in [-0.15, -0.1) is 11.8 Å². The van der Waals surface area contributed by atoms with Crippen LogP contribution in [0.1, 0.15) is 38.3 Å². The summed E-state index contributed by atoms with van der Waals surface area (Å²) in [6.07, 6.45) is 0.801. The molecule has 0 heterocycles. The van der Waals surface area contributed by atoms with Gasteiger partial charge < -0.3 is 10.2 Å². The lowest BCUT2D eigenvalue weighted by Crippen LogP contribution is -2.50. The molecule has 2 aromatic rings. The molecule has 0 spiro atoms. The Balaban J connectivity index is 2.13. The molecular formula is C23H26Cl4N2O2S. The van der Waals surface area contributed by atoms with Crippen LogP contribution in [-0.2, 0) is 21.9 Å². The topological polar surface area (TPSA) is 49.4 Å². The molecule has 0 bridgehead atoms. The molecule has 32 heavy (non-hydrogen) atoms. The molecule has 0 aliphatic carbocycles. The monoisotopic (exact) mass is 534 g/mol. The molecule has 0 radical (unpaired) electrons. The highest BCUT2D eigenvalue weighted by atomic mass is 35.5. The highest BCUT2D eigenvalue weighted by molar-refractivity contribution is 7.99. The number of benzene rings is 2. The Kier molecular flexibility index (Phi) is 11.0. The lowest BCUT2D eigenvalue weighted by atomic mass is 10.1. The minimum absolute atomic E-state index is 0.0186. The molecule has 0 saturated heterocycles. The molecule has 0 aromatic heterocycles. The fourth-order valence-electron chi connectivity index (χ4n) is 2.85. The largest absolute Gasteiger partial charge is 0.352 e. The summed E-state index contributed by atoms with van der Waals surface area (Å²) in [5.41, 5.74) is 1.69. The second-order valence-corrected chi connectivity index (χ2v) is 10.1. The van der Waals surface area contributed by atoms with E-state index in [2.05, 4.69) is 5.32 Å². The van der Waals surface area contributed by atoms with Crippen molar-refractivity contribution in [3.63, 3.8) is 0 Å². The molecule has 0 aliphatic heterocycles. The Morgan fingerprint density at radius 3 is 2.34 bits per heavy atom. The van der Waals surface area contributed by atoms with Crippen LogP contribution in [-0.4, -0.2) is 34.6 Å². The summed E-state index contributed by atoms with van der Waals surface area (Å²) in [4.78, 5) is 27.5. The van der Waals surface area contributed by atoms with Crippen LogP contribution in [0.5, 0.6) is 0 Å². The van der Waals surface area contributed by atoms with Crippen LogP contribution in [0.4, 0.5) is 0 Å². The van der Waals surface area contributed by atoms with E-state index in [0.717, 1.165) is 17.5 Å². The molecule has 4 nitrogen and oxygen atoms in total. The summed E-state index contributed by atoms with van der Waals surface area (Å²) in [6, 6.07) is 9.87. The minimum Gasteiger partial charge on any atom is -0.352 e. The van der Waals surface area contributed by atoms with Gasteiger partial charge in [0, 0.05) is 28.4 Å². The van der Waals surface area contributed by atoms with Crippen LogP contribution in [0.3, 0.4) is 0 Å². The molecule has 9 heteroatoms. The average Bonchev–Trinajstić information content (AvgIpc) is 2.75. The smallest absolute Gasteiger partial charge is 0.242 e. The van der Waals surface area contributed by atoms with Gasteiger partial charge in [-0.1, -0.05) is 65.5 Å². The normalized spacial score (nSPS) is 12.8. The van der Waals surface area contributed by atoms with Gasteiger partial charge in [0.1, 0.15) is 6.04 Å². The van der Waals surface area contributed by atoms with Crippen molar-refractivity contribution in [3.8, 4) is 0 Å². The first kappa shape index (κ1) is 27.1. The molecular weight excluding hydrogens is 510 g/mol. The number of nitrogens with one attached hydrogen (secondary N) is 1. The maximum absolute atomic E-state index is 13.1. The lowest BCUT2D eigenvalue weighted by molar-refractivity contribution is -0.138. The zero-order chi connectivity index (χ0) is 23.8. The quantitative estimate of drug-likeness (QED) is 0.361. The van der Waals surface area contributed by atoms with Crippen LogP contribution in [0.2, 0.25) is 20.1 Å². The van der Waals surface area contributed by atoms with Gasteiger partial charge in [-0.3, -0.25) is 9.59 Å². The van der Waals surface area contributed by atoms with Crippen LogP contribution >= 0.6 is 58.2 Å². The first-order valence-electron chi connectivity index (χ1n) is 10.2. The van der Waals surface area contributed by atoms with E-state index in [-0.39, 0.29) is 30.2 Å². The standard InChI is InChI=1S/C23H26Cl4N2O2S/c1-4-14(2)28-23(31)15(3)29(11-17-6-7-18(24)10-20(17)26)22(30)13-32-12-16-5-8-19(25)21(27)9-16/h5-10,14-15H,4,11-13H2,1-3H3,(H,28,31)/t14-,15-/m0/s1. The molecule has 1 N–H and O–H groups in total. The number of amides is 2. The van der Waals surface area contributed by atoms with Crippen molar-refractivity contribution in [2.24, 2.45) is 0 Å². The van der Waals surface area contributed by atoms with Gasteiger partial charge in [0.25, 0.3) is 0 Å². The number of nitrogens with zero attached hydrogens (tertiary/aromatic N) is 1. The Labute approximate surface area is 213 Å². The first-order chi connectivity index (χ1) is 15.1. The summed E-state index contributed by atoms with van der Waals surface area (Å²) in [5, 5.41) is 4.88. The van der Waals surface area contributed by atoms with E-state index in [1.807, 2.05) is 19.9 Å². The molecule has 174 valence electrons. The number of hydrogen-bond acceptors (Lipinski definition) is 3. The van der Waals surface area contributed by atoms with Crippen molar-refractivity contribution in [2.45, 2.75) is 51.6 Å². The van der Waals surface area contributed by atoms with Crippen molar-refractivity contribution < 1.29 is 9.59 Å². The number of carbonyl (C=O) groups is 2. The van der Waals surface area contributed by atoms with Gasteiger partial charge >= 0.3 is 0 Å². The Hall–Kier alpha value is -1.11. The molecule has 0 aliphatic rings. The lowest BCUT2D eigenvalue weighted by Gasteiger charge is -2.30. The molecule has 2 aromatic carbocycles. The zero-order valence-electron chi connectivity index (χ0n) is 18.1. The first-order valence-corrected chi connectivity index (χ1v) is 12.8. The van der Waals surface area contributed by atoms with E-state index < -0.39 is 6.04 Å². The van der Waals surface area contributed by atoms with E-state index in [9.17, 15) is 9.59 Å². The van der Waals surface area contributed by atoms with Crippen molar-refractivity contribution in [2.75, 3.05) is 5.75 Å². The summed E-state index contributed by atoms with van der Waals surface area (Å²) in [6.45, 7) is 5.85. The molecule has 2 amide bonds. The van der Waals surface area contributed by atoms with Crippen molar-refractivity contribution >= 4 is 70.0 Å². The van der Waals surface area contributed by atoms with E-state index in [1.165, 1.54) is 11.8 Å². The second-order valence-electron chi connectivity index (χ2n) is 7.49. The predicted molar refractivity (Wildman–Crippen MR) is 137 cm³/mol. The minimum atomic E-state index is -0.658. The average molecular weight is 536 g/mol. The van der Waals surface area contributed by atoms with Gasteiger partial charge in [-0.05, 0) is 55.7 Å². The highest BCUT2D eigenvalue weighted by Crippen LogP contribution is 2.26. The van der Waals surface area contributed by atoms with Gasteiger partial charge in [0.2, 0.25) is 11.8 Å². The third-order valence-electron chi connectivity index (χ3n) is 5.00. The summed E-state index contributed by atoms with van der Waals surface area (Å²) >= 11 is 25.8. The number of carbonyl (C=O) groups excluding carboxylic acids is 2. The highest BCUT2D eigenvalue weighted by Gasteiger charge is 2.27. The second kappa shape index (κ2) is 13.0. The zero-order valence-corrected chi connectivity index (χ0v) is 22.0. The molecule has 2 rings (SSSR count). The van der Waals surface area contributed by atoms with Crippen LogP contribution < -0.4 is 5.32 Å². The maximum Gasteiger partial charge on any atom is 0.242 e. The van der Waals surface area contributed by atoms with E-state index in [4.69, 9.17) is 46.4 Å². The van der Waals surface area contributed by atoms with Crippen molar-refractivity contribution in [3.05, 3.63) is 67.6 Å². The number of rotatable bonds is 10. The molecule has 0 unspecified atom stereocenters. The molecule has 2 atom stereocenters. The van der Waals surface area contributed by atoms with E-state index in [0.29, 0.717) is 25.8 Å². The fraction of sp³-hybridized carbons (Fsp3) is 0.391. The number of thioether (sulfide) groups is 1. The van der Waals surface area contributed by atoms with Crippen molar-refractivity contribution in [1.29, 1.82) is 0 Å². The van der Waals surface area contributed by atoms with Crippen LogP contribution in [0.15, 0.2) is 36.4 Å². The summed E-state index contributed by atoms with van der Waals surface area (Å²) in [7, 11) is 0. The van der Waals surface area contributed by atoms with Crippen LogP contribution in [0.25, 0.3) is 0 Å². The third-order valence-corrected chi connectivity index (χ3v) is 7.32. The van der Waals surface area contributed by atoms with Gasteiger partial charge in [-0.25, -0.2) is 0 Å². The Morgan fingerprint density at radius 1 is 1.00 bits per heavy atom. The van der Waals surface area contributed by atoms with E-state index >= 15 is 0 Å². The van der Waals surface area contributed by atoms with Gasteiger partial charge in [0.15, 0.2) is 0 Å². The summed E-state index contributed by atoms with van der Waals surface area (Å²) in [5.74, 6) is 0.429. The Morgan fingerprint density at radius 2 is 1.72 bits per heavy atom. The number of halogens is 4. The molecule has 0 saturated carbocycles. The fourth-order valence-corrected chi connectivity index (χ4v) is 4.50. The van der Waals surface area contributed by atoms with E-state index in [1.54, 1.807) is 42.2 Å². The maximum atomic E-state index is 13.1. The van der Waals surface area contributed by atoms with Gasteiger partial charge in [-0.2, -0.15) is 0 Å². The number of hydrogen-bond donors (Lipinski definition) is 1. The third kappa shape index (κ3) is 8.03. The summed E-state index contributed by atoms with van der Waals surface area (Å²) < 4.78 is 0. The van der Waals surface area contributed by atoms with Crippen LogP contribution in [0, 0.1) is 0 Å². The molecule has 0 fully saturated rings. The van der Waals surface area contributed by atoms with Gasteiger partial charge in [0.05, 0.1) is 15.8 Å². The predicted octanol–water partition coefficient (Wildman–Crippen LogP) is 6.87. The Bertz CT molecular complexity index is 958. The SMILES string of the molecule is CC[C@H](C)NC(=O)[C@H](C)N(Cc1ccc(Cl)cc1Cl)C(=O)CSCc1ccc(Cl)c(Cl)c1.